The topological polar surface area (TPSA) is 79.5 Å². The van der Waals surface area contributed by atoms with Gasteiger partial charge in [0.05, 0.1) is 18.7 Å². The smallest absolute Gasteiger partial charge is 0.246 e. The number of carbonyl (C=O) groups excluding carboxylic acids is 1. The number of carbonyl (C=O) groups is 1. The fourth-order valence-corrected chi connectivity index (χ4v) is 5.47. The molecule has 4 aromatic rings. The number of aromatic amines is 1. The maximum Gasteiger partial charge on any atom is 0.246 e. The van der Waals surface area contributed by atoms with Crippen molar-refractivity contribution in [3.05, 3.63) is 58.8 Å². The van der Waals surface area contributed by atoms with Crippen molar-refractivity contribution in [1.29, 1.82) is 0 Å². The van der Waals surface area contributed by atoms with E-state index in [9.17, 15) is 4.79 Å². The van der Waals surface area contributed by atoms with Gasteiger partial charge in [0.15, 0.2) is 11.5 Å². The molecule has 0 radical (unpaired) electrons. The maximum atomic E-state index is 13.4. The monoisotopic (exact) mass is 474 g/mol. The van der Waals surface area contributed by atoms with E-state index in [0.29, 0.717) is 13.2 Å². The molecular weight excluding hydrogens is 448 g/mol. The molecule has 174 valence electrons. The third kappa shape index (κ3) is 4.03. The molecular formula is C26H26N4O3S. The van der Waals surface area contributed by atoms with Crippen LogP contribution in [0.5, 0.6) is 11.5 Å². The van der Waals surface area contributed by atoms with Gasteiger partial charge < -0.3 is 14.8 Å². The predicted molar refractivity (Wildman–Crippen MR) is 134 cm³/mol. The Labute approximate surface area is 201 Å². The maximum absolute atomic E-state index is 13.4. The van der Waals surface area contributed by atoms with E-state index in [-0.39, 0.29) is 11.9 Å². The fraction of sp³-hybridized carbons (Fsp3) is 0.308. The van der Waals surface area contributed by atoms with E-state index in [2.05, 4.69) is 31.9 Å². The van der Waals surface area contributed by atoms with Crippen LogP contribution in [0.25, 0.3) is 22.2 Å². The minimum absolute atomic E-state index is 0.000254. The Kier molecular flexibility index (Phi) is 5.68. The van der Waals surface area contributed by atoms with Crippen LogP contribution in [0.1, 0.15) is 30.9 Å². The molecule has 2 aromatic heterocycles. The third-order valence-corrected chi connectivity index (χ3v) is 7.17. The zero-order valence-corrected chi connectivity index (χ0v) is 19.6. The molecule has 8 heteroatoms. The van der Waals surface area contributed by atoms with Gasteiger partial charge in [0, 0.05) is 23.1 Å². The summed E-state index contributed by atoms with van der Waals surface area (Å²) < 4.78 is 11.6. The van der Waals surface area contributed by atoms with Crippen molar-refractivity contribution in [3.8, 4) is 22.8 Å². The number of benzene rings is 2. The van der Waals surface area contributed by atoms with E-state index in [0.717, 1.165) is 77.3 Å². The highest BCUT2D eigenvalue weighted by Crippen LogP contribution is 2.36. The molecule has 34 heavy (non-hydrogen) atoms. The predicted octanol–water partition coefficient (Wildman–Crippen LogP) is 5.23. The number of amides is 1. The van der Waals surface area contributed by atoms with Crippen molar-refractivity contribution in [1.82, 2.24) is 15.1 Å². The van der Waals surface area contributed by atoms with Crippen LogP contribution in [0.15, 0.2) is 53.2 Å². The van der Waals surface area contributed by atoms with Gasteiger partial charge in [-0.25, -0.2) is 0 Å². The third-order valence-electron chi connectivity index (χ3n) is 6.46. The number of hydrogen-bond acceptors (Lipinski definition) is 6. The lowest BCUT2D eigenvalue weighted by molar-refractivity contribution is -0.121. The number of aromatic nitrogens is 2. The summed E-state index contributed by atoms with van der Waals surface area (Å²) in [7, 11) is 0. The molecule has 1 saturated heterocycles. The molecule has 2 aromatic carbocycles. The number of fused-ring (bicyclic) bond motifs is 2. The van der Waals surface area contributed by atoms with Crippen LogP contribution in [0.3, 0.4) is 0 Å². The highest BCUT2D eigenvalue weighted by atomic mass is 32.1. The van der Waals surface area contributed by atoms with E-state index >= 15 is 0 Å². The summed E-state index contributed by atoms with van der Waals surface area (Å²) in [4.78, 5) is 15.7. The Morgan fingerprint density at radius 1 is 1.03 bits per heavy atom. The molecule has 1 unspecified atom stereocenters. The molecule has 1 amide bonds. The number of nitrogens with one attached hydrogen (secondary N) is 2. The van der Waals surface area contributed by atoms with Gasteiger partial charge in [-0.15, -0.1) is 0 Å². The summed E-state index contributed by atoms with van der Waals surface area (Å²) in [5.74, 6) is 1.50. The average molecular weight is 475 g/mol. The molecule has 0 spiro atoms. The first kappa shape index (κ1) is 21.2. The largest absolute Gasteiger partial charge is 0.490 e. The second kappa shape index (κ2) is 9.12. The van der Waals surface area contributed by atoms with Gasteiger partial charge in [0.2, 0.25) is 5.91 Å². The van der Waals surface area contributed by atoms with Crippen molar-refractivity contribution in [2.75, 3.05) is 31.6 Å². The molecule has 2 N–H and O–H groups in total. The SMILES string of the molecule is O=C(Nc1ccc2[nH]nc(-c3ccc4c(c3)OCCCO4)c2c1)C(c1ccsc1)N1CCCC1. The number of likely N-dealkylation sites (tertiary alicyclic amines) is 1. The first-order chi connectivity index (χ1) is 16.8. The van der Waals surface area contributed by atoms with Gasteiger partial charge in [-0.1, -0.05) is 0 Å². The molecule has 1 atom stereocenters. The minimum Gasteiger partial charge on any atom is -0.490 e. The Morgan fingerprint density at radius 2 is 1.88 bits per heavy atom. The van der Waals surface area contributed by atoms with Gasteiger partial charge in [-0.3, -0.25) is 14.8 Å². The summed E-state index contributed by atoms with van der Waals surface area (Å²) in [6.07, 6.45) is 3.13. The zero-order chi connectivity index (χ0) is 22.9. The van der Waals surface area contributed by atoms with Gasteiger partial charge in [-0.05, 0) is 84.7 Å². The Hall–Kier alpha value is -3.36. The van der Waals surface area contributed by atoms with E-state index < -0.39 is 0 Å². The van der Waals surface area contributed by atoms with Gasteiger partial charge in [-0.2, -0.15) is 16.4 Å². The number of nitrogens with zero attached hydrogens (tertiary/aromatic N) is 2. The molecule has 7 nitrogen and oxygen atoms in total. The molecule has 6 rings (SSSR count). The number of thiophene rings is 1. The summed E-state index contributed by atoms with van der Waals surface area (Å²) >= 11 is 1.63. The Balaban J connectivity index is 1.30. The minimum atomic E-state index is -0.269. The van der Waals surface area contributed by atoms with Crippen LogP contribution < -0.4 is 14.8 Å². The van der Waals surface area contributed by atoms with Gasteiger partial charge in [0.1, 0.15) is 11.7 Å². The highest BCUT2D eigenvalue weighted by molar-refractivity contribution is 7.08. The van der Waals surface area contributed by atoms with Crippen LogP contribution in [-0.4, -0.2) is 47.3 Å². The second-order valence-corrected chi connectivity index (χ2v) is 9.52. The number of anilines is 1. The highest BCUT2D eigenvalue weighted by Gasteiger charge is 2.30. The molecule has 2 aliphatic heterocycles. The van der Waals surface area contributed by atoms with E-state index in [1.807, 2.05) is 41.8 Å². The number of H-pyrrole nitrogens is 1. The van der Waals surface area contributed by atoms with Crippen LogP contribution in [0.2, 0.25) is 0 Å². The summed E-state index contributed by atoms with van der Waals surface area (Å²) in [5.41, 5.74) is 4.48. The van der Waals surface area contributed by atoms with Crippen LogP contribution in [0.4, 0.5) is 5.69 Å². The molecule has 0 aliphatic carbocycles. The molecule has 0 saturated carbocycles. The molecule has 0 bridgehead atoms. The molecule has 4 heterocycles. The van der Waals surface area contributed by atoms with Gasteiger partial charge in [0.25, 0.3) is 0 Å². The normalized spacial score (nSPS) is 16.9. The van der Waals surface area contributed by atoms with E-state index in [1.165, 1.54) is 0 Å². The van der Waals surface area contributed by atoms with Crippen LogP contribution >= 0.6 is 11.3 Å². The van der Waals surface area contributed by atoms with Crippen molar-refractivity contribution in [3.63, 3.8) is 0 Å². The first-order valence-corrected chi connectivity index (χ1v) is 12.7. The molecule has 2 aliphatic rings. The molecule has 1 fully saturated rings. The van der Waals surface area contributed by atoms with E-state index in [4.69, 9.17) is 9.47 Å². The summed E-state index contributed by atoms with van der Waals surface area (Å²) in [5, 5.41) is 15.9. The second-order valence-electron chi connectivity index (χ2n) is 8.74. The standard InChI is InChI=1S/C26H26N4O3S/c31-26(25(18-8-13-34-16-18)30-9-1-2-10-30)27-19-5-6-21-20(15-19)24(29-28-21)17-4-7-22-23(14-17)33-12-3-11-32-22/h4-8,13-16,25H,1-3,9-12H2,(H,27,31)(H,28,29). The van der Waals surface area contributed by atoms with Crippen molar-refractivity contribution < 1.29 is 14.3 Å². The lowest BCUT2D eigenvalue weighted by atomic mass is 10.1. The zero-order valence-electron chi connectivity index (χ0n) is 18.8. The quantitative estimate of drug-likeness (QED) is 0.414. The van der Waals surface area contributed by atoms with Crippen LogP contribution in [0, 0.1) is 0 Å². The van der Waals surface area contributed by atoms with Crippen molar-refractivity contribution in [2.24, 2.45) is 0 Å². The summed E-state index contributed by atoms with van der Waals surface area (Å²) in [6, 6.07) is 13.6. The number of rotatable bonds is 5. The summed E-state index contributed by atoms with van der Waals surface area (Å²) in [6.45, 7) is 3.19. The Bertz CT molecular complexity index is 1310. The number of ether oxygens (including phenoxy) is 2. The fourth-order valence-electron chi connectivity index (χ4n) is 4.79. The van der Waals surface area contributed by atoms with Gasteiger partial charge >= 0.3 is 0 Å². The lowest BCUT2D eigenvalue weighted by Gasteiger charge is -2.26. The first-order valence-electron chi connectivity index (χ1n) is 11.7. The van der Waals surface area contributed by atoms with Crippen molar-refractivity contribution >= 4 is 33.8 Å². The Morgan fingerprint density at radius 3 is 2.71 bits per heavy atom. The van der Waals surface area contributed by atoms with Crippen LogP contribution in [-0.2, 0) is 4.79 Å². The van der Waals surface area contributed by atoms with Crippen molar-refractivity contribution in [2.45, 2.75) is 25.3 Å². The van der Waals surface area contributed by atoms with E-state index in [1.54, 1.807) is 11.3 Å². The lowest BCUT2D eigenvalue weighted by Crippen LogP contribution is -2.35. The average Bonchev–Trinajstić information content (AvgIpc) is 3.60. The number of hydrogen-bond donors (Lipinski definition) is 2.